The second kappa shape index (κ2) is 11.4. The molecule has 6 heteroatoms. The van der Waals surface area contributed by atoms with Crippen LogP contribution in [0.15, 0.2) is 84.9 Å². The van der Waals surface area contributed by atoms with Crippen molar-refractivity contribution < 1.29 is 19.4 Å². The average Bonchev–Trinajstić information content (AvgIpc) is 2.86. The molecule has 5 nitrogen and oxygen atoms in total. The molecule has 3 aromatic rings. The first-order chi connectivity index (χ1) is 16.9. The van der Waals surface area contributed by atoms with Gasteiger partial charge in [-0.15, -0.1) is 0 Å². The molecule has 0 radical (unpaired) electrons. The molecule has 1 heterocycles. The summed E-state index contributed by atoms with van der Waals surface area (Å²) in [5.74, 6) is 0.297. The Labute approximate surface area is 211 Å². The van der Waals surface area contributed by atoms with Crippen LogP contribution in [0.25, 0.3) is 5.57 Å². The Balaban J connectivity index is 1.25. The summed E-state index contributed by atoms with van der Waals surface area (Å²) in [5, 5.41) is 10.5. The number of aliphatic carboxylic acids is 1. The smallest absolute Gasteiger partial charge is 0.348 e. The van der Waals surface area contributed by atoms with Gasteiger partial charge in [0.2, 0.25) is 5.60 Å². The van der Waals surface area contributed by atoms with Gasteiger partial charge in [-0.3, -0.25) is 4.90 Å². The lowest BCUT2D eigenvalue weighted by atomic mass is 9.96. The number of nitrogens with zero attached hydrogens (tertiary/aromatic N) is 1. The van der Waals surface area contributed by atoms with Gasteiger partial charge in [0.1, 0.15) is 18.1 Å². The Morgan fingerprint density at radius 3 is 2.34 bits per heavy atom. The summed E-state index contributed by atoms with van der Waals surface area (Å²) in [5.41, 5.74) is 2.10. The summed E-state index contributed by atoms with van der Waals surface area (Å²) in [6, 6.07) is 24.6. The van der Waals surface area contributed by atoms with Gasteiger partial charge in [-0.1, -0.05) is 60.1 Å². The molecule has 182 valence electrons. The van der Waals surface area contributed by atoms with E-state index in [1.165, 1.54) is 11.1 Å². The van der Waals surface area contributed by atoms with Crippen LogP contribution in [0.4, 0.5) is 0 Å². The molecule has 0 fully saturated rings. The molecule has 0 spiro atoms. The van der Waals surface area contributed by atoms with Gasteiger partial charge >= 0.3 is 5.97 Å². The summed E-state index contributed by atoms with van der Waals surface area (Å²) in [4.78, 5) is 14.3. The molecule has 3 aromatic carbocycles. The van der Waals surface area contributed by atoms with E-state index in [2.05, 4.69) is 23.1 Å². The topological polar surface area (TPSA) is 59.0 Å². The first-order valence-electron chi connectivity index (χ1n) is 11.8. The van der Waals surface area contributed by atoms with Crippen LogP contribution < -0.4 is 9.47 Å². The molecule has 1 N–H and O–H groups in total. The van der Waals surface area contributed by atoms with Gasteiger partial charge in [0, 0.05) is 31.1 Å². The normalized spacial score (nSPS) is 15.7. The predicted octanol–water partition coefficient (Wildman–Crippen LogP) is 5.97. The van der Waals surface area contributed by atoms with Gasteiger partial charge in [-0.2, -0.15) is 0 Å². The fourth-order valence-electron chi connectivity index (χ4n) is 4.13. The molecule has 0 bridgehead atoms. The van der Waals surface area contributed by atoms with Gasteiger partial charge < -0.3 is 14.6 Å². The number of hydrogen-bond donors (Lipinski definition) is 1. The lowest BCUT2D eigenvalue weighted by molar-refractivity contribution is -0.153. The zero-order valence-electron chi connectivity index (χ0n) is 19.8. The van der Waals surface area contributed by atoms with E-state index in [9.17, 15) is 9.90 Å². The number of para-hydroxylation sites is 1. The fraction of sp³-hybridized carbons (Fsp3) is 0.276. The maximum Gasteiger partial charge on any atom is 0.348 e. The molecule has 4 rings (SSSR count). The zero-order chi connectivity index (χ0) is 24.7. The Kier molecular flexibility index (Phi) is 8.11. The maximum atomic E-state index is 11.9. The first kappa shape index (κ1) is 24.8. The summed E-state index contributed by atoms with van der Waals surface area (Å²) in [6.45, 7) is 4.92. The van der Waals surface area contributed by atoms with E-state index in [1.54, 1.807) is 19.1 Å². The van der Waals surface area contributed by atoms with Gasteiger partial charge in [-0.25, -0.2) is 4.79 Å². The lowest BCUT2D eigenvalue weighted by Crippen LogP contribution is -2.43. The highest BCUT2D eigenvalue weighted by Crippen LogP contribution is 2.25. The van der Waals surface area contributed by atoms with Crippen LogP contribution in [0.1, 0.15) is 24.5 Å². The fourth-order valence-corrected chi connectivity index (χ4v) is 4.26. The van der Waals surface area contributed by atoms with Gasteiger partial charge in [-0.05, 0) is 66.4 Å². The molecule has 0 amide bonds. The molecule has 1 atom stereocenters. The Morgan fingerprint density at radius 2 is 1.71 bits per heavy atom. The van der Waals surface area contributed by atoms with E-state index >= 15 is 0 Å². The van der Waals surface area contributed by atoms with Crippen LogP contribution in [0.3, 0.4) is 0 Å². The molecule has 0 aliphatic carbocycles. The molecule has 1 aliphatic heterocycles. The lowest BCUT2D eigenvalue weighted by Gasteiger charge is -2.27. The van der Waals surface area contributed by atoms with Crippen molar-refractivity contribution >= 4 is 23.1 Å². The number of ether oxygens (including phenoxy) is 2. The molecule has 0 saturated carbocycles. The number of hydrogen-bond acceptors (Lipinski definition) is 4. The molecule has 0 aromatic heterocycles. The van der Waals surface area contributed by atoms with Crippen molar-refractivity contribution in [3.8, 4) is 11.5 Å². The van der Waals surface area contributed by atoms with E-state index in [1.807, 2.05) is 54.6 Å². The van der Waals surface area contributed by atoms with Crippen LogP contribution >= 0.6 is 11.6 Å². The van der Waals surface area contributed by atoms with Crippen LogP contribution in [-0.4, -0.2) is 47.8 Å². The molecule has 35 heavy (non-hydrogen) atoms. The summed E-state index contributed by atoms with van der Waals surface area (Å²) in [6.07, 6.45) is 3.52. The molecule has 1 unspecified atom stereocenters. The van der Waals surface area contributed by atoms with Gasteiger partial charge in [0.25, 0.3) is 0 Å². The van der Waals surface area contributed by atoms with Crippen LogP contribution in [-0.2, 0) is 11.2 Å². The van der Waals surface area contributed by atoms with Crippen molar-refractivity contribution in [2.75, 3.05) is 26.2 Å². The van der Waals surface area contributed by atoms with Crippen molar-refractivity contribution in [1.82, 2.24) is 4.90 Å². The molecular formula is C29H30ClNO4. The minimum absolute atomic E-state index is 0.244. The monoisotopic (exact) mass is 491 g/mol. The second-order valence-corrected chi connectivity index (χ2v) is 9.34. The van der Waals surface area contributed by atoms with Crippen molar-refractivity contribution in [1.29, 1.82) is 0 Å². The third kappa shape index (κ3) is 6.87. The van der Waals surface area contributed by atoms with Gasteiger partial charge in [0.15, 0.2) is 0 Å². The number of rotatable bonds is 10. The van der Waals surface area contributed by atoms with Gasteiger partial charge in [0.05, 0.1) is 0 Å². The third-order valence-electron chi connectivity index (χ3n) is 6.19. The van der Waals surface area contributed by atoms with Crippen molar-refractivity contribution in [3.63, 3.8) is 0 Å². The number of halogens is 1. The van der Waals surface area contributed by atoms with E-state index in [0.29, 0.717) is 12.4 Å². The maximum absolute atomic E-state index is 11.9. The second-order valence-electron chi connectivity index (χ2n) is 8.91. The Bertz CT molecular complexity index is 1150. The quantitative estimate of drug-likeness (QED) is 0.378. The van der Waals surface area contributed by atoms with Crippen molar-refractivity contribution in [2.24, 2.45) is 0 Å². The number of carboxylic acid groups (broad SMARTS) is 1. The SMILES string of the molecule is CC(Cc1ccc(OCCN2CC=C(c3ccc(Cl)cc3)CC2)cc1)(Oc1ccccc1)C(=O)O. The standard InChI is InChI=1S/C29H30ClNO4/c1-29(28(32)33,35-27-5-3-2-4-6-27)21-22-7-13-26(14-8-22)34-20-19-31-17-15-24(16-18-31)23-9-11-25(30)12-10-23/h2-15H,16-21H2,1H3,(H,32,33). The Morgan fingerprint density at radius 1 is 1.00 bits per heavy atom. The highest BCUT2D eigenvalue weighted by Gasteiger charge is 2.36. The minimum atomic E-state index is -1.36. The van der Waals surface area contributed by atoms with Crippen molar-refractivity contribution in [3.05, 3.63) is 101 Å². The average molecular weight is 492 g/mol. The van der Waals surface area contributed by atoms with Crippen LogP contribution in [0.2, 0.25) is 5.02 Å². The van der Waals surface area contributed by atoms with E-state index in [4.69, 9.17) is 21.1 Å². The summed E-state index contributed by atoms with van der Waals surface area (Å²) >= 11 is 5.99. The summed E-state index contributed by atoms with van der Waals surface area (Å²) < 4.78 is 11.8. The predicted molar refractivity (Wildman–Crippen MR) is 139 cm³/mol. The van der Waals surface area contributed by atoms with Crippen LogP contribution in [0.5, 0.6) is 11.5 Å². The van der Waals surface area contributed by atoms with Crippen LogP contribution in [0, 0.1) is 0 Å². The number of benzene rings is 3. The van der Waals surface area contributed by atoms with E-state index < -0.39 is 11.6 Å². The highest BCUT2D eigenvalue weighted by atomic mass is 35.5. The third-order valence-corrected chi connectivity index (χ3v) is 6.44. The zero-order valence-corrected chi connectivity index (χ0v) is 20.6. The largest absolute Gasteiger partial charge is 0.492 e. The summed E-state index contributed by atoms with van der Waals surface area (Å²) in [7, 11) is 0. The van der Waals surface area contributed by atoms with E-state index in [-0.39, 0.29) is 6.42 Å². The number of carboxylic acids is 1. The molecule has 0 saturated heterocycles. The highest BCUT2D eigenvalue weighted by molar-refractivity contribution is 6.30. The molecular weight excluding hydrogens is 462 g/mol. The van der Waals surface area contributed by atoms with Crippen molar-refractivity contribution in [2.45, 2.75) is 25.4 Å². The minimum Gasteiger partial charge on any atom is -0.492 e. The van der Waals surface area contributed by atoms with E-state index in [0.717, 1.165) is 42.4 Å². The first-order valence-corrected chi connectivity index (χ1v) is 12.2. The molecule has 1 aliphatic rings. The Hall–Kier alpha value is -3.28. The number of carbonyl (C=O) groups is 1.